The van der Waals surface area contributed by atoms with Gasteiger partial charge in [-0.25, -0.2) is 0 Å². The molecule has 0 aromatic heterocycles. The summed E-state index contributed by atoms with van der Waals surface area (Å²) in [7, 11) is 6.19. The third-order valence-corrected chi connectivity index (χ3v) is 2.21. The lowest BCUT2D eigenvalue weighted by atomic mass is 10.0. The molecule has 0 fully saturated rings. The van der Waals surface area contributed by atoms with E-state index >= 15 is 0 Å². The van der Waals surface area contributed by atoms with Gasteiger partial charge in [0, 0.05) is 13.1 Å². The molecule has 0 N–H and O–H groups in total. The third kappa shape index (κ3) is 4.92. The molecule has 0 amide bonds. The van der Waals surface area contributed by atoms with Gasteiger partial charge in [-0.05, 0) is 35.0 Å². The molecule has 0 spiro atoms. The normalized spacial score (nSPS) is 11.7. The first-order valence-electron chi connectivity index (χ1n) is 4.49. The zero-order chi connectivity index (χ0) is 10.5. The van der Waals surface area contributed by atoms with Crippen LogP contribution in [0.15, 0.2) is 0 Å². The first kappa shape index (κ1) is 12.5. The smallest absolute Gasteiger partial charge is 0.0766 e. The largest absolute Gasteiger partial charge is 0.308 e. The second kappa shape index (κ2) is 5.26. The fourth-order valence-electron chi connectivity index (χ4n) is 0.902. The van der Waals surface area contributed by atoms with E-state index in [0.717, 1.165) is 13.1 Å². The van der Waals surface area contributed by atoms with Crippen LogP contribution in [-0.4, -0.2) is 49.6 Å². The Morgan fingerprint density at radius 1 is 1.15 bits per heavy atom. The molecule has 0 saturated heterocycles. The summed E-state index contributed by atoms with van der Waals surface area (Å²) in [5.41, 5.74) is -0.134. The van der Waals surface area contributed by atoms with E-state index in [2.05, 4.69) is 56.6 Å². The molecule has 0 aliphatic rings. The number of rotatable bonds is 4. The van der Waals surface area contributed by atoms with Gasteiger partial charge in [0.1, 0.15) is 0 Å². The predicted octanol–water partition coefficient (Wildman–Crippen LogP) is 0.973. The van der Waals surface area contributed by atoms with Crippen molar-refractivity contribution >= 4 is 0 Å². The Bertz CT molecular complexity index is 196. The van der Waals surface area contributed by atoms with Gasteiger partial charge in [0.25, 0.3) is 0 Å². The Morgan fingerprint density at radius 3 is 2.08 bits per heavy atom. The average molecular weight is 180 g/mol. The summed E-state index contributed by atoms with van der Waals surface area (Å²) in [6.45, 7) is 11.4. The molecular weight excluding hydrogens is 160 g/mol. The van der Waals surface area contributed by atoms with Crippen molar-refractivity contribution < 1.29 is 0 Å². The summed E-state index contributed by atoms with van der Waals surface area (Å²) in [4.78, 5) is 4.36. The van der Waals surface area contributed by atoms with E-state index in [1.165, 1.54) is 0 Å². The molecule has 0 aliphatic heterocycles. The van der Waals surface area contributed by atoms with Gasteiger partial charge >= 0.3 is 0 Å². The molecule has 2 heteroatoms. The van der Waals surface area contributed by atoms with Crippen molar-refractivity contribution in [2.75, 3.05) is 34.2 Å². The van der Waals surface area contributed by atoms with Crippen molar-refractivity contribution in [2.45, 2.75) is 19.4 Å². The Labute approximate surface area is 82.9 Å². The van der Waals surface area contributed by atoms with Gasteiger partial charge in [-0.15, -0.1) is 0 Å². The van der Waals surface area contributed by atoms with Crippen LogP contribution in [0.5, 0.6) is 0 Å². The Balaban J connectivity index is 4.06. The van der Waals surface area contributed by atoms with Crippen LogP contribution in [-0.2, 0) is 0 Å². The van der Waals surface area contributed by atoms with E-state index in [1.54, 1.807) is 0 Å². The molecule has 0 atom stereocenters. The van der Waals surface area contributed by atoms with Gasteiger partial charge in [-0.1, -0.05) is 11.8 Å². The molecular formula is C11H20N2. The summed E-state index contributed by atoms with van der Waals surface area (Å²) in [5.74, 6) is 5.45. The van der Waals surface area contributed by atoms with E-state index in [4.69, 9.17) is 6.92 Å². The van der Waals surface area contributed by atoms with Crippen molar-refractivity contribution in [3.05, 3.63) is 6.92 Å². The highest BCUT2D eigenvalue weighted by molar-refractivity contribution is 5.15. The van der Waals surface area contributed by atoms with Crippen molar-refractivity contribution in [3.8, 4) is 11.8 Å². The zero-order valence-electron chi connectivity index (χ0n) is 9.39. The van der Waals surface area contributed by atoms with Crippen molar-refractivity contribution in [1.82, 2.24) is 9.80 Å². The molecule has 13 heavy (non-hydrogen) atoms. The minimum Gasteiger partial charge on any atom is -0.308 e. The maximum absolute atomic E-state index is 5.21. The van der Waals surface area contributed by atoms with E-state index in [0.29, 0.717) is 0 Å². The molecule has 0 rings (SSSR count). The topological polar surface area (TPSA) is 6.48 Å². The Kier molecular flexibility index (Phi) is 5.05. The summed E-state index contributed by atoms with van der Waals surface area (Å²) in [6.07, 6.45) is 0. The van der Waals surface area contributed by atoms with Gasteiger partial charge in [0.2, 0.25) is 0 Å². The Morgan fingerprint density at radius 2 is 1.69 bits per heavy atom. The fourth-order valence-corrected chi connectivity index (χ4v) is 0.902. The first-order chi connectivity index (χ1) is 5.90. The van der Waals surface area contributed by atoms with Crippen LogP contribution in [0.4, 0.5) is 0 Å². The molecule has 2 radical (unpaired) electrons. The standard InChI is InChI=1S/C11H20N2/c1-7-8-11(2,3)13(6)10-9-12(4)5/h1H,9-10H2,2-6H3. The Hall–Kier alpha value is -0.520. The quantitative estimate of drug-likeness (QED) is 0.595. The van der Waals surface area contributed by atoms with Crippen LogP contribution in [0.25, 0.3) is 0 Å². The van der Waals surface area contributed by atoms with Crippen molar-refractivity contribution in [3.63, 3.8) is 0 Å². The van der Waals surface area contributed by atoms with Crippen LogP contribution in [0, 0.1) is 18.8 Å². The van der Waals surface area contributed by atoms with Crippen LogP contribution >= 0.6 is 0 Å². The lowest BCUT2D eigenvalue weighted by Gasteiger charge is -2.31. The van der Waals surface area contributed by atoms with E-state index in [1.807, 2.05) is 0 Å². The van der Waals surface area contributed by atoms with Gasteiger partial charge in [0.05, 0.1) is 12.5 Å². The molecule has 0 unspecified atom stereocenters. The molecule has 74 valence electrons. The van der Waals surface area contributed by atoms with Gasteiger partial charge in [-0.2, -0.15) is 0 Å². The summed E-state index contributed by atoms with van der Waals surface area (Å²) < 4.78 is 0. The molecule has 0 aliphatic carbocycles. The zero-order valence-corrected chi connectivity index (χ0v) is 9.39. The van der Waals surface area contributed by atoms with Gasteiger partial charge in [-0.3, -0.25) is 4.90 Å². The molecule has 0 bridgehead atoms. The fraction of sp³-hybridized carbons (Fsp3) is 0.727. The predicted molar refractivity (Wildman–Crippen MR) is 57.3 cm³/mol. The van der Waals surface area contributed by atoms with Crippen molar-refractivity contribution in [1.29, 1.82) is 0 Å². The number of hydrogen-bond acceptors (Lipinski definition) is 2. The summed E-state index contributed by atoms with van der Waals surface area (Å²) >= 11 is 0. The van der Waals surface area contributed by atoms with E-state index in [9.17, 15) is 0 Å². The number of hydrogen-bond donors (Lipinski definition) is 0. The lowest BCUT2D eigenvalue weighted by molar-refractivity contribution is 0.193. The van der Waals surface area contributed by atoms with E-state index in [-0.39, 0.29) is 5.54 Å². The van der Waals surface area contributed by atoms with Crippen LogP contribution < -0.4 is 0 Å². The van der Waals surface area contributed by atoms with Crippen LogP contribution in [0.1, 0.15) is 13.8 Å². The maximum atomic E-state index is 5.21. The average Bonchev–Trinajstić information content (AvgIpc) is 1.99. The highest BCUT2D eigenvalue weighted by Crippen LogP contribution is 2.09. The molecule has 0 heterocycles. The van der Waals surface area contributed by atoms with Crippen LogP contribution in [0.3, 0.4) is 0 Å². The molecule has 0 aromatic carbocycles. The summed E-state index contributed by atoms with van der Waals surface area (Å²) in [6, 6.07) is 0. The highest BCUT2D eigenvalue weighted by Gasteiger charge is 2.19. The number of nitrogens with zero attached hydrogens (tertiary/aromatic N) is 2. The summed E-state index contributed by atoms with van der Waals surface area (Å²) in [5, 5.41) is 0. The second-order valence-electron chi connectivity index (χ2n) is 4.05. The van der Waals surface area contributed by atoms with Gasteiger partial charge < -0.3 is 4.90 Å². The maximum Gasteiger partial charge on any atom is 0.0766 e. The minimum absolute atomic E-state index is 0.134. The monoisotopic (exact) mass is 180 g/mol. The van der Waals surface area contributed by atoms with Gasteiger partial charge in [0.15, 0.2) is 0 Å². The molecule has 0 aromatic rings. The lowest BCUT2D eigenvalue weighted by Crippen LogP contribution is -2.43. The number of likely N-dealkylation sites (N-methyl/N-ethyl adjacent to an activating group) is 2. The van der Waals surface area contributed by atoms with Crippen LogP contribution in [0.2, 0.25) is 0 Å². The molecule has 0 saturated carbocycles. The SMILES string of the molecule is [CH]C#CC(C)(C)N(C)CCN(C)C. The molecule has 2 nitrogen and oxygen atoms in total. The first-order valence-corrected chi connectivity index (χ1v) is 4.49. The third-order valence-electron chi connectivity index (χ3n) is 2.21. The van der Waals surface area contributed by atoms with Crippen molar-refractivity contribution in [2.24, 2.45) is 0 Å². The highest BCUT2D eigenvalue weighted by atomic mass is 15.2. The van der Waals surface area contributed by atoms with E-state index < -0.39 is 0 Å². The second-order valence-corrected chi connectivity index (χ2v) is 4.05. The minimum atomic E-state index is -0.134.